The predicted molar refractivity (Wildman–Crippen MR) is 139 cm³/mol. The van der Waals surface area contributed by atoms with Crippen molar-refractivity contribution >= 4 is 23.3 Å². The van der Waals surface area contributed by atoms with E-state index < -0.39 is 23.3 Å². The van der Waals surface area contributed by atoms with Crippen LogP contribution >= 0.6 is 0 Å². The third kappa shape index (κ3) is 6.13. The molecule has 8 nitrogen and oxygen atoms in total. The monoisotopic (exact) mass is 510 g/mol. The summed E-state index contributed by atoms with van der Waals surface area (Å²) in [4.78, 5) is 42.2. The van der Waals surface area contributed by atoms with Crippen LogP contribution in [0, 0.1) is 11.8 Å². The van der Waals surface area contributed by atoms with Gasteiger partial charge in [0.25, 0.3) is 5.78 Å². The number of rotatable bonds is 7. The molecule has 2 aliphatic rings. The van der Waals surface area contributed by atoms with Crippen LogP contribution in [0.15, 0.2) is 47.1 Å². The maximum Gasteiger partial charge on any atom is 0.303 e. The molecule has 1 aromatic carbocycles. The van der Waals surface area contributed by atoms with Crippen molar-refractivity contribution in [1.82, 2.24) is 5.32 Å². The average molecular weight is 511 g/mol. The fourth-order valence-electron chi connectivity index (χ4n) is 5.05. The number of amides is 2. The van der Waals surface area contributed by atoms with Gasteiger partial charge < -0.3 is 19.2 Å². The molecule has 4 rings (SSSR count). The molecule has 0 aliphatic carbocycles. The summed E-state index contributed by atoms with van der Waals surface area (Å²) in [6.45, 7) is 13.0. The zero-order chi connectivity index (χ0) is 27.0. The lowest BCUT2D eigenvalue weighted by Gasteiger charge is -2.35. The van der Waals surface area contributed by atoms with E-state index in [-0.39, 0.29) is 35.2 Å². The van der Waals surface area contributed by atoms with Crippen LogP contribution in [0.2, 0.25) is 0 Å². The van der Waals surface area contributed by atoms with E-state index in [1.807, 2.05) is 32.9 Å². The van der Waals surface area contributed by atoms with Gasteiger partial charge in [-0.3, -0.25) is 19.3 Å². The molecule has 2 amide bonds. The molecule has 4 unspecified atom stereocenters. The van der Waals surface area contributed by atoms with Crippen LogP contribution < -0.4 is 10.2 Å². The van der Waals surface area contributed by atoms with Crippen molar-refractivity contribution in [2.45, 2.75) is 77.7 Å². The number of hydrogen-bond acceptors (Lipinski definition) is 6. The minimum Gasteiger partial charge on any atom is -0.461 e. The van der Waals surface area contributed by atoms with Gasteiger partial charge in [-0.2, -0.15) is 0 Å². The highest BCUT2D eigenvalue weighted by atomic mass is 16.7. The Hall–Kier alpha value is -2.97. The summed E-state index contributed by atoms with van der Waals surface area (Å²) < 4.78 is 16.8. The first kappa shape index (κ1) is 27.1. The summed E-state index contributed by atoms with van der Waals surface area (Å²) in [6, 6.07) is 9.56. The van der Waals surface area contributed by atoms with Crippen LogP contribution in [0.3, 0.4) is 0 Å². The molecule has 1 N–H and O–H groups in total. The predicted octanol–water partition coefficient (Wildman–Crippen LogP) is 4.48. The van der Waals surface area contributed by atoms with Crippen molar-refractivity contribution in [3.63, 3.8) is 0 Å². The third-order valence-electron chi connectivity index (χ3n) is 6.97. The van der Waals surface area contributed by atoms with Crippen molar-refractivity contribution in [3.05, 3.63) is 54.0 Å². The van der Waals surface area contributed by atoms with Gasteiger partial charge >= 0.3 is 5.91 Å². The van der Waals surface area contributed by atoms with Gasteiger partial charge in [-0.15, -0.1) is 0 Å². The fraction of sp³-hybridized carbons (Fsp3) is 0.552. The Bertz CT molecular complexity index is 1110. The summed E-state index contributed by atoms with van der Waals surface area (Å²) in [5, 5.41) is 3.03. The number of ether oxygens (including phenoxy) is 2. The molecule has 0 spiro atoms. The Morgan fingerprint density at radius 3 is 2.32 bits per heavy atom. The first-order chi connectivity index (χ1) is 17.3. The highest BCUT2D eigenvalue weighted by molar-refractivity contribution is 6.47. The molecule has 3 heterocycles. The molecule has 2 aromatic rings. The number of nitrogens with one attached hydrogen (secondary N) is 1. The van der Waals surface area contributed by atoms with Gasteiger partial charge in [0, 0.05) is 17.1 Å². The van der Waals surface area contributed by atoms with E-state index in [4.69, 9.17) is 13.9 Å². The second kappa shape index (κ2) is 10.4. The first-order valence-corrected chi connectivity index (χ1v) is 12.9. The van der Waals surface area contributed by atoms with Gasteiger partial charge in [-0.25, -0.2) is 0 Å². The number of anilines is 1. The van der Waals surface area contributed by atoms with Gasteiger partial charge in [0.1, 0.15) is 6.04 Å². The van der Waals surface area contributed by atoms with Crippen LogP contribution in [-0.2, 0) is 24.5 Å². The lowest BCUT2D eigenvalue weighted by atomic mass is 9.86. The van der Waals surface area contributed by atoms with Crippen molar-refractivity contribution in [2.24, 2.45) is 11.8 Å². The van der Waals surface area contributed by atoms with Gasteiger partial charge in [0.05, 0.1) is 19.5 Å². The molecule has 0 radical (unpaired) electrons. The molecule has 200 valence electrons. The molecule has 2 fully saturated rings. The van der Waals surface area contributed by atoms with Crippen molar-refractivity contribution in [3.8, 4) is 0 Å². The molecular weight excluding hydrogens is 472 g/mol. The van der Waals surface area contributed by atoms with Crippen LogP contribution in [0.1, 0.15) is 70.5 Å². The maximum absolute atomic E-state index is 13.8. The normalized spacial score (nSPS) is 22.4. The van der Waals surface area contributed by atoms with Gasteiger partial charge in [-0.1, -0.05) is 32.9 Å². The number of fused-ring (bicyclic) bond motifs is 1. The zero-order valence-electron chi connectivity index (χ0n) is 22.6. The first-order valence-electron chi connectivity index (χ1n) is 12.9. The smallest absolute Gasteiger partial charge is 0.303 e. The molecular formula is C29H38N2O6. The Morgan fingerprint density at radius 2 is 1.73 bits per heavy atom. The van der Waals surface area contributed by atoms with Crippen LogP contribution in [-0.4, -0.2) is 48.7 Å². The number of carbonyl (C=O) groups is 3. The topological polar surface area (TPSA) is 98.1 Å². The molecule has 1 aromatic heterocycles. The SMILES string of the molecule is CC(C)(C)NC(=O)C(CC1COC2OCCC12)N(C(=O)C(=O)c1ccco1)c1ccc(C(C)(C)C)cc1. The Morgan fingerprint density at radius 1 is 1.03 bits per heavy atom. The minimum absolute atomic E-state index is 0.00563. The summed E-state index contributed by atoms with van der Waals surface area (Å²) in [5.74, 6) is -1.86. The Kier molecular flexibility index (Phi) is 7.62. The van der Waals surface area contributed by atoms with Crippen LogP contribution in [0.5, 0.6) is 0 Å². The number of carbonyl (C=O) groups excluding carboxylic acids is 3. The number of nitrogens with zero attached hydrogens (tertiary/aromatic N) is 1. The third-order valence-corrected chi connectivity index (χ3v) is 6.97. The number of ketones is 1. The van der Waals surface area contributed by atoms with E-state index in [0.29, 0.717) is 25.3 Å². The van der Waals surface area contributed by atoms with Crippen molar-refractivity contribution in [1.29, 1.82) is 0 Å². The van der Waals surface area contributed by atoms with Crippen molar-refractivity contribution in [2.75, 3.05) is 18.1 Å². The van der Waals surface area contributed by atoms with E-state index in [1.54, 1.807) is 18.2 Å². The highest BCUT2D eigenvalue weighted by Crippen LogP contribution is 2.39. The van der Waals surface area contributed by atoms with E-state index in [2.05, 4.69) is 26.1 Å². The highest BCUT2D eigenvalue weighted by Gasteiger charge is 2.46. The lowest BCUT2D eigenvalue weighted by molar-refractivity contribution is -0.126. The number of Topliss-reactive ketones (excluding diaryl/α,β-unsaturated/α-hetero) is 1. The Balaban J connectivity index is 1.75. The summed E-state index contributed by atoms with van der Waals surface area (Å²) in [5.41, 5.74) is 0.923. The van der Waals surface area contributed by atoms with E-state index in [0.717, 1.165) is 12.0 Å². The molecule has 2 saturated heterocycles. The van der Waals surface area contributed by atoms with Crippen molar-refractivity contribution < 1.29 is 28.3 Å². The fourth-order valence-corrected chi connectivity index (χ4v) is 5.05. The number of hydrogen-bond donors (Lipinski definition) is 1. The largest absolute Gasteiger partial charge is 0.461 e. The number of benzene rings is 1. The summed E-state index contributed by atoms with van der Waals surface area (Å²) >= 11 is 0. The molecule has 37 heavy (non-hydrogen) atoms. The molecule has 8 heteroatoms. The number of furan rings is 1. The molecule has 0 bridgehead atoms. The second-order valence-electron chi connectivity index (χ2n) is 12.1. The van der Waals surface area contributed by atoms with E-state index in [9.17, 15) is 14.4 Å². The average Bonchev–Trinajstić information content (AvgIpc) is 3.56. The van der Waals surface area contributed by atoms with E-state index in [1.165, 1.54) is 17.2 Å². The van der Waals surface area contributed by atoms with Gasteiger partial charge in [-0.05, 0) is 74.8 Å². The van der Waals surface area contributed by atoms with Gasteiger partial charge in [0.2, 0.25) is 5.91 Å². The zero-order valence-corrected chi connectivity index (χ0v) is 22.6. The maximum atomic E-state index is 13.8. The van der Waals surface area contributed by atoms with E-state index >= 15 is 0 Å². The quantitative estimate of drug-likeness (QED) is 0.436. The summed E-state index contributed by atoms with van der Waals surface area (Å²) in [7, 11) is 0. The van der Waals surface area contributed by atoms with Crippen LogP contribution in [0.25, 0.3) is 0 Å². The van der Waals surface area contributed by atoms with Gasteiger partial charge in [0.15, 0.2) is 12.1 Å². The summed E-state index contributed by atoms with van der Waals surface area (Å²) in [6.07, 6.45) is 2.24. The minimum atomic E-state index is -0.931. The molecule has 4 atom stereocenters. The lowest BCUT2D eigenvalue weighted by Crippen LogP contribution is -2.56. The Labute approximate surface area is 218 Å². The molecule has 0 saturated carbocycles. The standard InChI is InChI=1S/C29H38N2O6/c1-28(2,3)19-9-11-20(12-10-19)31(26(34)24(32)23-8-7-14-35-23)22(25(33)30-29(4,5)6)16-18-17-37-27-21(18)13-15-36-27/h7-12,14,18,21-22,27H,13,15-17H2,1-6H3,(H,30,33). The second-order valence-corrected chi connectivity index (χ2v) is 12.1. The van der Waals surface area contributed by atoms with Crippen LogP contribution in [0.4, 0.5) is 5.69 Å². The molecule has 2 aliphatic heterocycles.